The van der Waals surface area contributed by atoms with Gasteiger partial charge in [0, 0.05) is 17.0 Å². The Labute approximate surface area is 125 Å². The second-order valence-corrected chi connectivity index (χ2v) is 6.53. The minimum Gasteiger partial charge on any atom is -0.353 e. The first-order chi connectivity index (χ1) is 9.65. The zero-order chi connectivity index (χ0) is 14.1. The molecule has 1 aromatic rings. The summed E-state index contributed by atoms with van der Waals surface area (Å²) in [6, 6.07) is 8.20. The van der Waals surface area contributed by atoms with Gasteiger partial charge in [-0.2, -0.15) is 0 Å². The van der Waals surface area contributed by atoms with E-state index in [-0.39, 0.29) is 11.8 Å². The van der Waals surface area contributed by atoms with E-state index in [1.54, 1.807) is 0 Å². The summed E-state index contributed by atoms with van der Waals surface area (Å²) in [6.45, 7) is 4.18. The van der Waals surface area contributed by atoms with Gasteiger partial charge in [0.05, 0.1) is 0 Å². The van der Waals surface area contributed by atoms with E-state index in [4.69, 9.17) is 11.6 Å². The summed E-state index contributed by atoms with van der Waals surface area (Å²) in [5.41, 5.74) is 1.19. The molecule has 0 bridgehead atoms. The average molecular weight is 293 g/mol. The highest BCUT2D eigenvalue weighted by Crippen LogP contribution is 2.48. The van der Waals surface area contributed by atoms with Gasteiger partial charge in [-0.25, -0.2) is 0 Å². The third-order valence-electron chi connectivity index (χ3n) is 4.52. The van der Waals surface area contributed by atoms with Crippen LogP contribution in [0.25, 0.3) is 0 Å². The molecule has 1 saturated carbocycles. The van der Waals surface area contributed by atoms with Crippen LogP contribution < -0.4 is 10.6 Å². The lowest BCUT2D eigenvalue weighted by Gasteiger charge is -2.30. The van der Waals surface area contributed by atoms with E-state index in [0.717, 1.165) is 31.0 Å². The Balaban J connectivity index is 1.57. The Morgan fingerprint density at radius 1 is 1.45 bits per heavy atom. The number of benzene rings is 1. The van der Waals surface area contributed by atoms with Gasteiger partial charge in [0.2, 0.25) is 5.91 Å². The van der Waals surface area contributed by atoms with E-state index in [1.165, 1.54) is 5.56 Å². The number of nitrogens with one attached hydrogen (secondary N) is 2. The first-order valence-corrected chi connectivity index (χ1v) is 7.79. The summed E-state index contributed by atoms with van der Waals surface area (Å²) in [5, 5.41) is 7.34. The summed E-state index contributed by atoms with van der Waals surface area (Å²) < 4.78 is 0. The third kappa shape index (κ3) is 2.99. The molecule has 1 aromatic carbocycles. The number of halogens is 1. The molecule has 3 nitrogen and oxygen atoms in total. The largest absolute Gasteiger partial charge is 0.353 e. The molecule has 1 aliphatic heterocycles. The fourth-order valence-electron chi connectivity index (χ4n) is 3.11. The van der Waals surface area contributed by atoms with Crippen LogP contribution in [0.5, 0.6) is 0 Å². The van der Waals surface area contributed by atoms with Gasteiger partial charge < -0.3 is 10.6 Å². The minimum atomic E-state index is 0.135. The van der Waals surface area contributed by atoms with Crippen molar-refractivity contribution in [3.8, 4) is 0 Å². The molecular weight excluding hydrogens is 272 g/mol. The summed E-state index contributed by atoms with van der Waals surface area (Å²) in [5.74, 6) is 1.21. The number of rotatable bonds is 3. The summed E-state index contributed by atoms with van der Waals surface area (Å²) in [6.07, 6.45) is 1.98. The molecule has 2 aliphatic rings. The molecule has 1 amide bonds. The van der Waals surface area contributed by atoms with Crippen LogP contribution in [0.4, 0.5) is 0 Å². The average Bonchev–Trinajstić information content (AvgIpc) is 3.22. The van der Waals surface area contributed by atoms with Crippen LogP contribution in [0, 0.1) is 11.8 Å². The first kappa shape index (κ1) is 13.9. The molecule has 4 unspecified atom stereocenters. The van der Waals surface area contributed by atoms with Crippen molar-refractivity contribution in [3.63, 3.8) is 0 Å². The van der Waals surface area contributed by atoms with Crippen LogP contribution in [0.15, 0.2) is 24.3 Å². The standard InChI is InChI=1S/C16H21ClN2O/c1-10-9-18-6-5-15(10)19-16(20)14-8-13(14)11-3-2-4-12(17)7-11/h2-4,7,10,13-15,18H,5-6,8-9H2,1H3,(H,19,20). The molecule has 3 rings (SSSR count). The van der Waals surface area contributed by atoms with Gasteiger partial charge in [0.1, 0.15) is 0 Å². The van der Waals surface area contributed by atoms with Gasteiger partial charge in [0.15, 0.2) is 0 Å². The Morgan fingerprint density at radius 3 is 3.05 bits per heavy atom. The van der Waals surface area contributed by atoms with E-state index in [2.05, 4.69) is 23.6 Å². The van der Waals surface area contributed by atoms with Crippen LogP contribution in [-0.2, 0) is 4.79 Å². The second-order valence-electron chi connectivity index (χ2n) is 6.09. The van der Waals surface area contributed by atoms with E-state index in [9.17, 15) is 4.79 Å². The highest BCUT2D eigenvalue weighted by Gasteiger charge is 2.44. The molecular formula is C16H21ClN2O. The van der Waals surface area contributed by atoms with Gasteiger partial charge in [-0.1, -0.05) is 30.7 Å². The van der Waals surface area contributed by atoms with Crippen molar-refractivity contribution in [2.75, 3.05) is 13.1 Å². The molecule has 0 spiro atoms. The van der Waals surface area contributed by atoms with Gasteiger partial charge >= 0.3 is 0 Å². The van der Waals surface area contributed by atoms with Gasteiger partial charge in [-0.3, -0.25) is 4.79 Å². The maximum absolute atomic E-state index is 12.3. The Bertz CT molecular complexity index is 505. The van der Waals surface area contributed by atoms with E-state index < -0.39 is 0 Å². The number of hydrogen-bond acceptors (Lipinski definition) is 2. The normalized spacial score (nSPS) is 32.7. The molecule has 1 heterocycles. The van der Waals surface area contributed by atoms with Crippen molar-refractivity contribution in [2.45, 2.75) is 31.7 Å². The van der Waals surface area contributed by atoms with E-state index >= 15 is 0 Å². The predicted molar refractivity (Wildman–Crippen MR) is 80.9 cm³/mol. The van der Waals surface area contributed by atoms with Crippen molar-refractivity contribution >= 4 is 17.5 Å². The third-order valence-corrected chi connectivity index (χ3v) is 4.75. The maximum Gasteiger partial charge on any atom is 0.223 e. The summed E-state index contributed by atoms with van der Waals surface area (Å²) in [7, 11) is 0. The molecule has 1 aliphatic carbocycles. The zero-order valence-electron chi connectivity index (χ0n) is 11.7. The lowest BCUT2D eigenvalue weighted by atomic mass is 9.95. The number of amides is 1. The number of piperidine rings is 1. The second kappa shape index (κ2) is 5.74. The van der Waals surface area contributed by atoms with Crippen LogP contribution in [-0.4, -0.2) is 25.0 Å². The fourth-order valence-corrected chi connectivity index (χ4v) is 3.31. The van der Waals surface area contributed by atoms with E-state index in [1.807, 2.05) is 18.2 Å². The smallest absolute Gasteiger partial charge is 0.223 e. The van der Waals surface area contributed by atoms with Crippen LogP contribution in [0.3, 0.4) is 0 Å². The molecule has 4 atom stereocenters. The number of carbonyl (C=O) groups is 1. The van der Waals surface area contributed by atoms with Gasteiger partial charge in [-0.15, -0.1) is 0 Å². The van der Waals surface area contributed by atoms with Crippen molar-refractivity contribution in [3.05, 3.63) is 34.9 Å². The maximum atomic E-state index is 12.3. The Hall–Kier alpha value is -1.06. The highest BCUT2D eigenvalue weighted by molar-refractivity contribution is 6.30. The predicted octanol–water partition coefficient (Wildman–Crippen LogP) is 2.56. The van der Waals surface area contributed by atoms with Crippen LogP contribution in [0.2, 0.25) is 5.02 Å². The van der Waals surface area contributed by atoms with Crippen molar-refractivity contribution in [1.29, 1.82) is 0 Å². The molecule has 4 heteroatoms. The van der Waals surface area contributed by atoms with E-state index in [0.29, 0.717) is 17.9 Å². The van der Waals surface area contributed by atoms with Gasteiger partial charge in [-0.05, 0) is 55.5 Å². The zero-order valence-corrected chi connectivity index (χ0v) is 12.5. The minimum absolute atomic E-state index is 0.135. The molecule has 2 fully saturated rings. The molecule has 0 aromatic heterocycles. The number of carbonyl (C=O) groups excluding carboxylic acids is 1. The lowest BCUT2D eigenvalue weighted by Crippen LogP contribution is -2.48. The molecule has 1 saturated heterocycles. The first-order valence-electron chi connectivity index (χ1n) is 7.41. The van der Waals surface area contributed by atoms with Crippen LogP contribution in [0.1, 0.15) is 31.2 Å². The Morgan fingerprint density at radius 2 is 2.30 bits per heavy atom. The summed E-state index contributed by atoms with van der Waals surface area (Å²) in [4.78, 5) is 12.3. The monoisotopic (exact) mass is 292 g/mol. The Kier molecular flexibility index (Phi) is 3.99. The molecule has 0 radical (unpaired) electrons. The molecule has 20 heavy (non-hydrogen) atoms. The quantitative estimate of drug-likeness (QED) is 0.899. The van der Waals surface area contributed by atoms with Crippen LogP contribution >= 0.6 is 11.6 Å². The number of hydrogen-bond donors (Lipinski definition) is 2. The SMILES string of the molecule is CC1CNCCC1NC(=O)C1CC1c1cccc(Cl)c1. The highest BCUT2D eigenvalue weighted by atomic mass is 35.5. The molecule has 108 valence electrons. The summed E-state index contributed by atoms with van der Waals surface area (Å²) >= 11 is 6.01. The molecule has 2 N–H and O–H groups in total. The fraction of sp³-hybridized carbons (Fsp3) is 0.562. The van der Waals surface area contributed by atoms with Gasteiger partial charge in [0.25, 0.3) is 0 Å². The lowest BCUT2D eigenvalue weighted by molar-refractivity contribution is -0.123. The van der Waals surface area contributed by atoms with Crippen molar-refractivity contribution < 1.29 is 4.79 Å². The van der Waals surface area contributed by atoms with Crippen molar-refractivity contribution in [2.24, 2.45) is 11.8 Å². The van der Waals surface area contributed by atoms with Crippen molar-refractivity contribution in [1.82, 2.24) is 10.6 Å². The topological polar surface area (TPSA) is 41.1 Å².